The van der Waals surface area contributed by atoms with E-state index in [0.29, 0.717) is 11.3 Å². The molecule has 1 unspecified atom stereocenters. The maximum absolute atomic E-state index is 13.0. The molecule has 1 N–H and O–H groups in total. The zero-order valence-corrected chi connectivity index (χ0v) is 18.2. The lowest BCUT2D eigenvalue weighted by Crippen LogP contribution is -2.31. The molecule has 3 rings (SSSR count). The molecule has 0 saturated carbocycles. The van der Waals surface area contributed by atoms with Crippen molar-refractivity contribution in [2.75, 3.05) is 6.61 Å². The van der Waals surface area contributed by atoms with Crippen molar-refractivity contribution >= 4 is 35.0 Å². The second kappa shape index (κ2) is 10.4. The van der Waals surface area contributed by atoms with E-state index in [9.17, 15) is 14.0 Å². The summed E-state index contributed by atoms with van der Waals surface area (Å²) in [6, 6.07) is 12.7. The molecule has 3 aromatic rings. The Hall–Kier alpha value is -2.71. The van der Waals surface area contributed by atoms with E-state index in [1.807, 2.05) is 24.4 Å². The van der Waals surface area contributed by atoms with Gasteiger partial charge in [0.2, 0.25) is 0 Å². The van der Waals surface area contributed by atoms with Crippen molar-refractivity contribution in [1.29, 1.82) is 0 Å². The SMILES string of the molecule is Cc1nc(CSc2ccccc2C(=O)OCC(=O)NC(C)c2ccc(F)cc2)cs1. The van der Waals surface area contributed by atoms with E-state index in [2.05, 4.69) is 10.3 Å². The zero-order chi connectivity index (χ0) is 21.5. The van der Waals surface area contributed by atoms with Crippen molar-refractivity contribution in [3.63, 3.8) is 0 Å². The third kappa shape index (κ3) is 6.14. The number of carbonyl (C=O) groups excluding carboxylic acids is 2. The van der Waals surface area contributed by atoms with E-state index in [4.69, 9.17) is 4.74 Å². The molecule has 0 aliphatic rings. The van der Waals surface area contributed by atoms with Crippen molar-refractivity contribution in [3.05, 3.63) is 81.6 Å². The fraction of sp³-hybridized carbons (Fsp3) is 0.227. The van der Waals surface area contributed by atoms with Crippen LogP contribution in [0.15, 0.2) is 58.8 Å². The smallest absolute Gasteiger partial charge is 0.339 e. The van der Waals surface area contributed by atoms with Gasteiger partial charge in [-0.3, -0.25) is 4.79 Å². The molecule has 0 aliphatic heterocycles. The number of halogens is 1. The molecule has 1 atom stereocenters. The molecule has 1 aromatic heterocycles. The minimum absolute atomic E-state index is 0.332. The van der Waals surface area contributed by atoms with Gasteiger partial charge in [-0.2, -0.15) is 0 Å². The summed E-state index contributed by atoms with van der Waals surface area (Å²) >= 11 is 3.08. The van der Waals surface area contributed by atoms with Crippen LogP contribution in [-0.2, 0) is 15.3 Å². The highest BCUT2D eigenvalue weighted by atomic mass is 32.2. The molecule has 0 saturated heterocycles. The van der Waals surface area contributed by atoms with Crippen LogP contribution in [0.5, 0.6) is 0 Å². The minimum atomic E-state index is -0.558. The van der Waals surface area contributed by atoms with Gasteiger partial charge in [0.25, 0.3) is 5.91 Å². The first-order valence-corrected chi connectivity index (χ1v) is 11.1. The summed E-state index contributed by atoms with van der Waals surface area (Å²) in [6.07, 6.45) is 0. The van der Waals surface area contributed by atoms with Gasteiger partial charge in [-0.25, -0.2) is 14.2 Å². The van der Waals surface area contributed by atoms with Crippen LogP contribution in [-0.4, -0.2) is 23.5 Å². The number of hydrogen-bond donors (Lipinski definition) is 1. The minimum Gasteiger partial charge on any atom is -0.452 e. The number of benzene rings is 2. The van der Waals surface area contributed by atoms with Crippen LogP contribution >= 0.6 is 23.1 Å². The van der Waals surface area contributed by atoms with Gasteiger partial charge in [-0.05, 0) is 43.7 Å². The van der Waals surface area contributed by atoms with E-state index in [0.717, 1.165) is 21.2 Å². The number of nitrogens with zero attached hydrogens (tertiary/aromatic N) is 1. The van der Waals surface area contributed by atoms with Crippen LogP contribution < -0.4 is 5.32 Å². The molecule has 2 aromatic carbocycles. The lowest BCUT2D eigenvalue weighted by Gasteiger charge is -2.14. The Bertz CT molecular complexity index is 1020. The zero-order valence-electron chi connectivity index (χ0n) is 16.6. The summed E-state index contributed by atoms with van der Waals surface area (Å²) in [7, 11) is 0. The predicted molar refractivity (Wildman–Crippen MR) is 116 cm³/mol. The van der Waals surface area contributed by atoms with E-state index >= 15 is 0 Å². The molecule has 0 radical (unpaired) electrons. The van der Waals surface area contributed by atoms with Gasteiger partial charge in [-0.15, -0.1) is 23.1 Å². The Morgan fingerprint density at radius 2 is 1.93 bits per heavy atom. The lowest BCUT2D eigenvalue weighted by atomic mass is 10.1. The van der Waals surface area contributed by atoms with Crippen LogP contribution in [0.4, 0.5) is 4.39 Å². The first-order valence-electron chi connectivity index (χ1n) is 9.27. The van der Waals surface area contributed by atoms with E-state index in [1.54, 1.807) is 42.5 Å². The maximum atomic E-state index is 13.0. The molecule has 5 nitrogen and oxygen atoms in total. The lowest BCUT2D eigenvalue weighted by molar-refractivity contribution is -0.124. The molecule has 30 heavy (non-hydrogen) atoms. The highest BCUT2D eigenvalue weighted by Crippen LogP contribution is 2.27. The van der Waals surface area contributed by atoms with Gasteiger partial charge >= 0.3 is 5.97 Å². The summed E-state index contributed by atoms with van der Waals surface area (Å²) in [4.78, 5) is 29.9. The summed E-state index contributed by atoms with van der Waals surface area (Å²) < 4.78 is 18.2. The third-order valence-electron chi connectivity index (χ3n) is 4.23. The maximum Gasteiger partial charge on any atom is 0.339 e. The topological polar surface area (TPSA) is 68.3 Å². The quantitative estimate of drug-likeness (QED) is 0.395. The number of aryl methyl sites for hydroxylation is 1. The molecule has 156 valence electrons. The standard InChI is InChI=1S/C22H21FN2O3S2/c1-14(16-7-9-17(23)10-8-16)24-21(26)11-28-22(27)19-5-3-4-6-20(19)30-13-18-12-29-15(2)25-18/h3-10,12,14H,11,13H2,1-2H3,(H,24,26). The Balaban J connectivity index is 1.54. The number of carbonyl (C=O) groups is 2. The van der Waals surface area contributed by atoms with Crippen molar-refractivity contribution in [2.24, 2.45) is 0 Å². The predicted octanol–water partition coefficient (Wildman–Crippen LogP) is 4.92. The van der Waals surface area contributed by atoms with Crippen molar-refractivity contribution in [2.45, 2.75) is 30.5 Å². The third-order valence-corrected chi connectivity index (χ3v) is 6.16. The Morgan fingerprint density at radius 3 is 2.63 bits per heavy atom. The average molecular weight is 445 g/mol. The monoisotopic (exact) mass is 444 g/mol. The summed E-state index contributed by atoms with van der Waals surface area (Å²) in [5.74, 6) is -0.683. The van der Waals surface area contributed by atoms with Crippen LogP contribution in [0, 0.1) is 12.7 Å². The Labute approximate surface area is 182 Å². The van der Waals surface area contributed by atoms with Gasteiger partial charge < -0.3 is 10.1 Å². The van der Waals surface area contributed by atoms with Crippen molar-refractivity contribution < 1.29 is 18.7 Å². The number of thiazole rings is 1. The molecule has 8 heteroatoms. The van der Waals surface area contributed by atoms with Crippen LogP contribution in [0.3, 0.4) is 0 Å². The van der Waals surface area contributed by atoms with Gasteiger partial charge in [0.05, 0.1) is 22.3 Å². The average Bonchev–Trinajstić information content (AvgIpc) is 3.16. The molecule has 1 amide bonds. The second-order valence-electron chi connectivity index (χ2n) is 6.56. The number of thioether (sulfide) groups is 1. The second-order valence-corrected chi connectivity index (χ2v) is 8.64. The fourth-order valence-electron chi connectivity index (χ4n) is 2.71. The highest BCUT2D eigenvalue weighted by molar-refractivity contribution is 7.98. The molecule has 0 aliphatic carbocycles. The fourth-order valence-corrected chi connectivity index (χ4v) is 4.37. The van der Waals surface area contributed by atoms with Crippen LogP contribution in [0.2, 0.25) is 0 Å². The van der Waals surface area contributed by atoms with Gasteiger partial charge in [0, 0.05) is 16.0 Å². The molecule has 0 fully saturated rings. The molecule has 0 spiro atoms. The normalized spacial score (nSPS) is 11.7. The summed E-state index contributed by atoms with van der Waals surface area (Å²) in [5.41, 5.74) is 2.13. The van der Waals surface area contributed by atoms with Crippen LogP contribution in [0.1, 0.15) is 39.6 Å². The molecular formula is C22H21FN2O3S2. The van der Waals surface area contributed by atoms with E-state index in [1.165, 1.54) is 23.9 Å². The summed E-state index contributed by atoms with van der Waals surface area (Å²) in [6.45, 7) is 3.33. The van der Waals surface area contributed by atoms with Crippen LogP contribution in [0.25, 0.3) is 0 Å². The molecular weight excluding hydrogens is 423 g/mol. The van der Waals surface area contributed by atoms with Crippen molar-refractivity contribution in [3.8, 4) is 0 Å². The van der Waals surface area contributed by atoms with Gasteiger partial charge in [-0.1, -0.05) is 24.3 Å². The number of esters is 1. The number of nitrogens with one attached hydrogen (secondary N) is 1. The Kier molecular flexibility index (Phi) is 7.59. The number of hydrogen-bond acceptors (Lipinski definition) is 6. The molecule has 1 heterocycles. The number of amides is 1. The number of rotatable bonds is 8. The first kappa shape index (κ1) is 22.0. The van der Waals surface area contributed by atoms with Gasteiger partial charge in [0.15, 0.2) is 6.61 Å². The number of aromatic nitrogens is 1. The van der Waals surface area contributed by atoms with Crippen molar-refractivity contribution in [1.82, 2.24) is 10.3 Å². The van der Waals surface area contributed by atoms with E-state index < -0.39 is 18.5 Å². The number of ether oxygens (including phenoxy) is 1. The Morgan fingerprint density at radius 1 is 1.20 bits per heavy atom. The highest BCUT2D eigenvalue weighted by Gasteiger charge is 2.16. The van der Waals surface area contributed by atoms with E-state index in [-0.39, 0.29) is 11.9 Å². The van der Waals surface area contributed by atoms with Gasteiger partial charge in [0.1, 0.15) is 5.82 Å². The first-order chi connectivity index (χ1) is 14.4. The summed E-state index contributed by atoms with van der Waals surface area (Å²) in [5, 5.41) is 5.73. The molecule has 0 bridgehead atoms. The largest absolute Gasteiger partial charge is 0.452 e.